The fourth-order valence-corrected chi connectivity index (χ4v) is 5.49. The first kappa shape index (κ1) is 31.8. The van der Waals surface area contributed by atoms with E-state index >= 15 is 0 Å². The molecule has 4 rings (SSSR count). The van der Waals surface area contributed by atoms with Crippen LogP contribution in [0.1, 0.15) is 50.4 Å². The Labute approximate surface area is 244 Å². The lowest BCUT2D eigenvalue weighted by atomic mass is 10.1. The Morgan fingerprint density at radius 3 is 2.40 bits per heavy atom. The highest BCUT2D eigenvalue weighted by Gasteiger charge is 2.40. The van der Waals surface area contributed by atoms with E-state index in [0.29, 0.717) is 44.1 Å². The minimum Gasteiger partial charge on any atom is -0.474 e. The number of alkyl halides is 3. The molecular formula is C28H40F3N5O5Si. The second kappa shape index (κ2) is 12.2. The first-order chi connectivity index (χ1) is 19.5. The third-order valence-electron chi connectivity index (χ3n) is 6.98. The summed E-state index contributed by atoms with van der Waals surface area (Å²) in [7, 11) is -1.39. The fraction of sp³-hybridized carbons (Fsp3) is 0.643. The van der Waals surface area contributed by atoms with Gasteiger partial charge < -0.3 is 24.0 Å². The summed E-state index contributed by atoms with van der Waals surface area (Å²) in [4.78, 5) is 32.9. The number of piperidine rings is 1. The maximum Gasteiger partial charge on any atom is 0.423 e. The van der Waals surface area contributed by atoms with Crippen molar-refractivity contribution in [3.8, 4) is 5.88 Å². The van der Waals surface area contributed by atoms with Gasteiger partial charge in [-0.2, -0.15) is 18.3 Å². The SMILES string of the molecule is CC(C)(C)OC(=O)N1CCC(Oc2ccc3c(n2)CN(c2cnn(COCC[Si](C)(C)C)c(=O)c2C(F)(F)F)C3)CC1. The van der Waals surface area contributed by atoms with Crippen LogP contribution < -0.4 is 15.2 Å². The summed E-state index contributed by atoms with van der Waals surface area (Å²) in [5.74, 6) is 0.367. The molecule has 0 spiro atoms. The predicted molar refractivity (Wildman–Crippen MR) is 153 cm³/mol. The number of hydrogen-bond donors (Lipinski definition) is 0. The number of hydrogen-bond acceptors (Lipinski definition) is 8. The van der Waals surface area contributed by atoms with E-state index in [1.807, 2.05) is 20.8 Å². The van der Waals surface area contributed by atoms with Crippen molar-refractivity contribution < 1.29 is 32.2 Å². The van der Waals surface area contributed by atoms with E-state index in [1.54, 1.807) is 17.0 Å². The summed E-state index contributed by atoms with van der Waals surface area (Å²) in [5, 5.41) is 3.99. The van der Waals surface area contributed by atoms with Crippen molar-refractivity contribution in [3.63, 3.8) is 0 Å². The molecule has 4 heterocycles. The summed E-state index contributed by atoms with van der Waals surface area (Å²) in [6.07, 6.45) is -3.11. The summed E-state index contributed by atoms with van der Waals surface area (Å²) < 4.78 is 60.1. The first-order valence-corrected chi connectivity index (χ1v) is 17.8. The van der Waals surface area contributed by atoms with Crippen LogP contribution in [0.25, 0.3) is 0 Å². The number of halogens is 3. The van der Waals surface area contributed by atoms with Crippen LogP contribution in [-0.2, 0) is 35.5 Å². The van der Waals surface area contributed by atoms with Gasteiger partial charge in [0.05, 0.1) is 24.1 Å². The van der Waals surface area contributed by atoms with Gasteiger partial charge in [0.2, 0.25) is 5.88 Å². The van der Waals surface area contributed by atoms with Gasteiger partial charge in [-0.15, -0.1) is 0 Å². The van der Waals surface area contributed by atoms with Gasteiger partial charge in [-0.3, -0.25) is 4.79 Å². The monoisotopic (exact) mass is 611 g/mol. The number of likely N-dealkylation sites (tertiary alicyclic amines) is 1. The number of ether oxygens (including phenoxy) is 3. The lowest BCUT2D eigenvalue weighted by Crippen LogP contribution is -2.44. The largest absolute Gasteiger partial charge is 0.474 e. The van der Waals surface area contributed by atoms with E-state index < -0.39 is 31.0 Å². The zero-order valence-corrected chi connectivity index (χ0v) is 26.1. The van der Waals surface area contributed by atoms with Gasteiger partial charge in [-0.1, -0.05) is 19.6 Å². The van der Waals surface area contributed by atoms with Gasteiger partial charge in [0.1, 0.15) is 24.0 Å². The third-order valence-corrected chi connectivity index (χ3v) is 8.69. The minimum atomic E-state index is -4.87. The van der Waals surface area contributed by atoms with E-state index in [1.165, 1.54) is 4.90 Å². The van der Waals surface area contributed by atoms with Crippen molar-refractivity contribution >= 4 is 19.9 Å². The maximum absolute atomic E-state index is 14.1. The minimum absolute atomic E-state index is 0.0740. The van der Waals surface area contributed by atoms with E-state index in [2.05, 4.69) is 29.7 Å². The number of pyridine rings is 1. The molecule has 232 valence electrons. The van der Waals surface area contributed by atoms with Crippen LogP contribution in [0.5, 0.6) is 5.88 Å². The standard InChI is InChI=1S/C28H40F3N5O5Si/c1-27(2,3)41-26(38)34-11-9-20(10-12-34)40-23-8-7-19-16-35(17-21(19)33-23)22-15-32-36(18-39-13-14-42(4,5)6)25(37)24(22)28(29,30)31/h7-8,15,20H,9-14,16-18H2,1-6H3. The molecule has 1 fully saturated rings. The molecule has 42 heavy (non-hydrogen) atoms. The molecule has 2 aliphatic rings. The topological polar surface area (TPSA) is 99.0 Å². The molecule has 0 unspecified atom stereocenters. The second-order valence-corrected chi connectivity index (χ2v) is 18.6. The van der Waals surface area contributed by atoms with Gasteiger partial charge in [-0.25, -0.2) is 14.5 Å². The lowest BCUT2D eigenvalue weighted by Gasteiger charge is -2.33. The molecule has 0 bridgehead atoms. The predicted octanol–water partition coefficient (Wildman–Crippen LogP) is 5.27. The number of aromatic nitrogens is 3. The first-order valence-electron chi connectivity index (χ1n) is 14.1. The number of carbonyl (C=O) groups is 1. The molecule has 0 saturated carbocycles. The number of amides is 1. The molecule has 0 N–H and O–H groups in total. The smallest absolute Gasteiger partial charge is 0.423 e. The Bertz CT molecular complexity index is 1330. The number of rotatable bonds is 8. The molecule has 0 radical (unpaired) electrons. The zero-order valence-electron chi connectivity index (χ0n) is 25.1. The van der Waals surface area contributed by atoms with Crippen molar-refractivity contribution in [2.24, 2.45) is 0 Å². The molecule has 0 atom stereocenters. The molecule has 14 heteroatoms. The average molecular weight is 612 g/mol. The van der Waals surface area contributed by atoms with Gasteiger partial charge in [0, 0.05) is 53.2 Å². The van der Waals surface area contributed by atoms with E-state index in [4.69, 9.17) is 14.2 Å². The Hall–Kier alpha value is -3.13. The van der Waals surface area contributed by atoms with Crippen molar-refractivity contribution in [1.29, 1.82) is 0 Å². The molecule has 0 aromatic carbocycles. The summed E-state index contributed by atoms with van der Waals surface area (Å²) in [5.41, 5.74) is -2.05. The molecule has 2 aliphatic heterocycles. The second-order valence-electron chi connectivity index (χ2n) is 13.0. The average Bonchev–Trinajstić information content (AvgIpc) is 3.28. The molecular weight excluding hydrogens is 571 g/mol. The van der Waals surface area contributed by atoms with Gasteiger partial charge >= 0.3 is 12.3 Å². The Morgan fingerprint density at radius 2 is 1.79 bits per heavy atom. The number of nitrogens with zero attached hydrogens (tertiary/aromatic N) is 5. The van der Waals surface area contributed by atoms with E-state index in [9.17, 15) is 22.8 Å². The van der Waals surface area contributed by atoms with Gasteiger partial charge in [0.15, 0.2) is 0 Å². The Kier molecular flexibility index (Phi) is 9.26. The van der Waals surface area contributed by atoms with Crippen LogP contribution in [0.3, 0.4) is 0 Å². The molecule has 1 saturated heterocycles. The molecule has 2 aromatic heterocycles. The number of fused-ring (bicyclic) bond motifs is 1. The van der Waals surface area contributed by atoms with Gasteiger partial charge in [0.25, 0.3) is 5.56 Å². The van der Waals surface area contributed by atoms with Crippen LogP contribution in [0.4, 0.5) is 23.7 Å². The highest BCUT2D eigenvalue weighted by Crippen LogP contribution is 2.37. The maximum atomic E-state index is 14.1. The van der Waals surface area contributed by atoms with Crippen LogP contribution in [0.15, 0.2) is 23.1 Å². The van der Waals surface area contributed by atoms with E-state index in [-0.39, 0.29) is 37.7 Å². The fourth-order valence-electron chi connectivity index (χ4n) is 4.73. The van der Waals surface area contributed by atoms with Crippen LogP contribution in [0.2, 0.25) is 25.7 Å². The highest BCUT2D eigenvalue weighted by molar-refractivity contribution is 6.76. The summed E-state index contributed by atoms with van der Waals surface area (Å²) in [6, 6.07) is 4.30. The van der Waals surface area contributed by atoms with Crippen LogP contribution in [-0.4, -0.2) is 65.2 Å². The normalized spacial score (nSPS) is 16.5. The molecule has 0 aliphatic carbocycles. The molecule has 2 aromatic rings. The molecule has 10 nitrogen and oxygen atoms in total. The van der Waals surface area contributed by atoms with Crippen molar-refractivity contribution in [3.05, 3.63) is 45.5 Å². The van der Waals surface area contributed by atoms with Crippen LogP contribution in [0, 0.1) is 0 Å². The molecule has 1 amide bonds. The summed E-state index contributed by atoms with van der Waals surface area (Å²) >= 11 is 0. The third kappa shape index (κ3) is 8.24. The quantitative estimate of drug-likeness (QED) is 0.294. The van der Waals surface area contributed by atoms with Crippen molar-refractivity contribution in [1.82, 2.24) is 19.7 Å². The van der Waals surface area contributed by atoms with E-state index in [0.717, 1.165) is 22.5 Å². The van der Waals surface area contributed by atoms with Crippen LogP contribution >= 0.6 is 0 Å². The summed E-state index contributed by atoms with van der Waals surface area (Å²) in [6.45, 7) is 13.2. The van der Waals surface area contributed by atoms with Crippen molar-refractivity contribution in [2.45, 2.75) is 97.0 Å². The highest BCUT2D eigenvalue weighted by atomic mass is 28.3. The lowest BCUT2D eigenvalue weighted by molar-refractivity contribution is -0.138. The number of anilines is 1. The Balaban J connectivity index is 1.41. The zero-order chi connectivity index (χ0) is 30.9. The number of carbonyl (C=O) groups excluding carboxylic acids is 1. The van der Waals surface area contributed by atoms with Crippen molar-refractivity contribution in [2.75, 3.05) is 24.6 Å². The van der Waals surface area contributed by atoms with Gasteiger partial charge in [-0.05, 0) is 38.4 Å². The Morgan fingerprint density at radius 1 is 1.10 bits per heavy atom.